The van der Waals surface area contributed by atoms with E-state index in [1.165, 1.54) is 0 Å². The molecule has 3 rings (SSSR count). The highest BCUT2D eigenvalue weighted by molar-refractivity contribution is 6.31. The number of carboxylic acids is 1. The number of aliphatic carboxylic acids is 1. The molecule has 5 nitrogen and oxygen atoms in total. The van der Waals surface area contributed by atoms with Gasteiger partial charge in [0.25, 0.3) is 11.8 Å². The third-order valence-electron chi connectivity index (χ3n) is 3.77. The van der Waals surface area contributed by atoms with Gasteiger partial charge in [-0.25, -0.2) is 0 Å². The molecule has 1 aliphatic heterocycles. The number of benzene rings is 2. The summed E-state index contributed by atoms with van der Waals surface area (Å²) >= 11 is 6.15. The standard InChI is InChI=1S/C17H12ClNO4/c18-13-8-4-3-7-12(13)14(9-15(20)21)19-16(22)10-5-1-2-6-11(10)17(19)23/h1-8,14H,9H2,(H,20,21). The molecule has 2 aromatic carbocycles. The number of halogens is 1. The maximum atomic E-state index is 12.6. The van der Waals surface area contributed by atoms with Crippen LogP contribution in [0.1, 0.15) is 38.7 Å². The highest BCUT2D eigenvalue weighted by Crippen LogP contribution is 2.36. The number of carbonyl (C=O) groups excluding carboxylic acids is 2. The van der Waals surface area contributed by atoms with Gasteiger partial charge in [-0.2, -0.15) is 0 Å². The van der Waals surface area contributed by atoms with E-state index in [9.17, 15) is 19.5 Å². The minimum absolute atomic E-state index is 0.278. The van der Waals surface area contributed by atoms with Gasteiger partial charge < -0.3 is 5.11 Å². The van der Waals surface area contributed by atoms with Crippen LogP contribution in [0.3, 0.4) is 0 Å². The lowest BCUT2D eigenvalue weighted by Crippen LogP contribution is -2.35. The Balaban J connectivity index is 2.09. The first-order valence-corrected chi connectivity index (χ1v) is 7.31. The molecule has 6 heteroatoms. The van der Waals surface area contributed by atoms with E-state index in [1.807, 2.05) is 0 Å². The molecule has 0 radical (unpaired) electrons. The summed E-state index contributed by atoms with van der Waals surface area (Å²) in [6.07, 6.45) is -0.408. The summed E-state index contributed by atoms with van der Waals surface area (Å²) in [5, 5.41) is 9.51. The molecule has 1 aliphatic rings. The predicted molar refractivity (Wildman–Crippen MR) is 83.4 cm³/mol. The van der Waals surface area contributed by atoms with E-state index in [4.69, 9.17) is 11.6 Å². The summed E-state index contributed by atoms with van der Waals surface area (Å²) in [5.74, 6) is -2.12. The third kappa shape index (κ3) is 2.59. The van der Waals surface area contributed by atoms with Crippen molar-refractivity contribution in [2.75, 3.05) is 0 Å². The topological polar surface area (TPSA) is 74.7 Å². The zero-order valence-electron chi connectivity index (χ0n) is 11.9. The van der Waals surface area contributed by atoms with Crippen LogP contribution in [0.4, 0.5) is 0 Å². The number of hydrogen-bond donors (Lipinski definition) is 1. The van der Waals surface area contributed by atoms with Crippen LogP contribution >= 0.6 is 11.6 Å². The van der Waals surface area contributed by atoms with Crippen LogP contribution in [-0.4, -0.2) is 27.8 Å². The van der Waals surface area contributed by atoms with Crippen LogP contribution in [0, 0.1) is 0 Å². The van der Waals surface area contributed by atoms with Crippen LogP contribution < -0.4 is 0 Å². The molecule has 2 aromatic rings. The van der Waals surface area contributed by atoms with Gasteiger partial charge in [-0.05, 0) is 23.8 Å². The molecular formula is C17H12ClNO4. The van der Waals surface area contributed by atoms with Gasteiger partial charge in [-0.15, -0.1) is 0 Å². The molecule has 1 atom stereocenters. The molecule has 1 heterocycles. The van der Waals surface area contributed by atoms with Gasteiger partial charge in [0.05, 0.1) is 23.6 Å². The Morgan fingerprint density at radius 2 is 1.52 bits per heavy atom. The second-order valence-electron chi connectivity index (χ2n) is 5.16. The lowest BCUT2D eigenvalue weighted by molar-refractivity contribution is -0.138. The Labute approximate surface area is 137 Å². The largest absolute Gasteiger partial charge is 0.481 e. The third-order valence-corrected chi connectivity index (χ3v) is 4.11. The van der Waals surface area contributed by atoms with Crippen LogP contribution in [0.25, 0.3) is 0 Å². The van der Waals surface area contributed by atoms with Crippen molar-refractivity contribution in [3.05, 3.63) is 70.2 Å². The van der Waals surface area contributed by atoms with Crippen molar-refractivity contribution >= 4 is 29.4 Å². The smallest absolute Gasteiger partial charge is 0.305 e. The Morgan fingerprint density at radius 1 is 1.00 bits per heavy atom. The van der Waals surface area contributed by atoms with Gasteiger partial charge in [0, 0.05) is 5.02 Å². The Bertz CT molecular complexity index is 783. The summed E-state index contributed by atoms with van der Waals surface area (Å²) in [7, 11) is 0. The second-order valence-corrected chi connectivity index (χ2v) is 5.57. The molecule has 116 valence electrons. The van der Waals surface area contributed by atoms with Crippen molar-refractivity contribution in [3.63, 3.8) is 0 Å². The van der Waals surface area contributed by atoms with E-state index in [-0.39, 0.29) is 11.1 Å². The lowest BCUT2D eigenvalue weighted by Gasteiger charge is -2.26. The fourth-order valence-corrected chi connectivity index (χ4v) is 3.00. The molecule has 23 heavy (non-hydrogen) atoms. The van der Waals surface area contributed by atoms with Gasteiger partial charge in [-0.3, -0.25) is 19.3 Å². The van der Waals surface area contributed by atoms with Crippen molar-refractivity contribution in [2.24, 2.45) is 0 Å². The molecule has 0 aliphatic carbocycles. The Hall–Kier alpha value is -2.66. The van der Waals surface area contributed by atoms with E-state index in [0.717, 1.165) is 4.90 Å². The van der Waals surface area contributed by atoms with Gasteiger partial charge in [0.15, 0.2) is 0 Å². The first-order valence-electron chi connectivity index (χ1n) is 6.94. The number of amides is 2. The van der Waals surface area contributed by atoms with Crippen molar-refractivity contribution in [3.8, 4) is 0 Å². The average Bonchev–Trinajstić information content (AvgIpc) is 2.78. The Kier molecular flexibility index (Phi) is 3.88. The zero-order chi connectivity index (χ0) is 16.6. The number of carboxylic acid groups (broad SMARTS) is 1. The molecule has 1 unspecified atom stereocenters. The number of nitrogens with zero attached hydrogens (tertiary/aromatic N) is 1. The molecule has 1 N–H and O–H groups in total. The van der Waals surface area contributed by atoms with E-state index in [2.05, 4.69) is 0 Å². The van der Waals surface area contributed by atoms with E-state index in [0.29, 0.717) is 10.6 Å². The van der Waals surface area contributed by atoms with E-state index >= 15 is 0 Å². The van der Waals surface area contributed by atoms with Gasteiger partial charge in [-0.1, -0.05) is 41.9 Å². The maximum Gasteiger partial charge on any atom is 0.305 e. The first kappa shape index (κ1) is 15.2. The molecule has 0 bridgehead atoms. The predicted octanol–water partition coefficient (Wildman–Crippen LogP) is 3.15. The lowest BCUT2D eigenvalue weighted by atomic mass is 10.0. The monoisotopic (exact) mass is 329 g/mol. The summed E-state index contributed by atoms with van der Waals surface area (Å²) in [5.41, 5.74) is 0.992. The quantitative estimate of drug-likeness (QED) is 0.874. The second kappa shape index (κ2) is 5.85. The van der Waals surface area contributed by atoms with Gasteiger partial charge in [0.2, 0.25) is 0 Å². The molecule has 0 spiro atoms. The van der Waals surface area contributed by atoms with E-state index < -0.39 is 30.2 Å². The molecule has 2 amide bonds. The highest BCUT2D eigenvalue weighted by atomic mass is 35.5. The molecule has 0 fully saturated rings. The van der Waals surface area contributed by atoms with Crippen molar-refractivity contribution in [2.45, 2.75) is 12.5 Å². The molecular weight excluding hydrogens is 318 g/mol. The average molecular weight is 330 g/mol. The summed E-state index contributed by atoms with van der Waals surface area (Å²) in [4.78, 5) is 37.4. The number of hydrogen-bond acceptors (Lipinski definition) is 3. The summed E-state index contributed by atoms with van der Waals surface area (Å²) < 4.78 is 0. The highest BCUT2D eigenvalue weighted by Gasteiger charge is 2.41. The van der Waals surface area contributed by atoms with Gasteiger partial charge >= 0.3 is 5.97 Å². The fourth-order valence-electron chi connectivity index (χ4n) is 2.74. The van der Waals surface area contributed by atoms with E-state index in [1.54, 1.807) is 48.5 Å². The van der Waals surface area contributed by atoms with Crippen LogP contribution in [0.5, 0.6) is 0 Å². The van der Waals surface area contributed by atoms with Crippen molar-refractivity contribution < 1.29 is 19.5 Å². The van der Waals surface area contributed by atoms with Crippen molar-refractivity contribution in [1.82, 2.24) is 4.90 Å². The summed E-state index contributed by atoms with van der Waals surface area (Å²) in [6, 6.07) is 12.1. The number of fused-ring (bicyclic) bond motifs is 1. The molecule has 0 aromatic heterocycles. The zero-order valence-corrected chi connectivity index (χ0v) is 12.7. The maximum absolute atomic E-state index is 12.6. The summed E-state index contributed by atoms with van der Waals surface area (Å²) in [6.45, 7) is 0. The molecule has 0 saturated heterocycles. The Morgan fingerprint density at radius 3 is 2.04 bits per heavy atom. The molecule has 0 saturated carbocycles. The number of imide groups is 1. The minimum Gasteiger partial charge on any atom is -0.481 e. The number of rotatable bonds is 4. The fraction of sp³-hybridized carbons (Fsp3) is 0.118. The van der Waals surface area contributed by atoms with Crippen LogP contribution in [-0.2, 0) is 4.79 Å². The minimum atomic E-state index is -1.12. The number of carbonyl (C=O) groups is 3. The first-order chi connectivity index (χ1) is 11.0. The van der Waals surface area contributed by atoms with Crippen molar-refractivity contribution in [1.29, 1.82) is 0 Å². The van der Waals surface area contributed by atoms with Crippen LogP contribution in [0.15, 0.2) is 48.5 Å². The van der Waals surface area contributed by atoms with Crippen LogP contribution in [0.2, 0.25) is 5.02 Å². The SMILES string of the molecule is O=C(O)CC(c1ccccc1Cl)N1C(=O)c2ccccc2C1=O. The van der Waals surface area contributed by atoms with Gasteiger partial charge in [0.1, 0.15) is 0 Å². The normalized spacial score (nSPS) is 14.7.